The number of ether oxygens (including phenoxy) is 1. The maximum atomic E-state index is 12.5. The van der Waals surface area contributed by atoms with Gasteiger partial charge in [-0.3, -0.25) is 9.78 Å². The number of nitrogens with two attached hydrogens (primary N) is 1. The fourth-order valence-corrected chi connectivity index (χ4v) is 2.51. The number of pyridine rings is 1. The highest BCUT2D eigenvalue weighted by Gasteiger charge is 2.34. The third kappa shape index (κ3) is 3.91. The van der Waals surface area contributed by atoms with Crippen molar-refractivity contribution in [1.82, 2.24) is 9.88 Å². The average Bonchev–Trinajstić information content (AvgIpc) is 2.35. The Labute approximate surface area is 125 Å². The van der Waals surface area contributed by atoms with Gasteiger partial charge in [0, 0.05) is 31.4 Å². The SMILES string of the molecule is CC1CN(C(=O)c2ccnc(CN)c2)CC(C)(C)O1.Cl. The Balaban J connectivity index is 0.00000200. The fourth-order valence-electron chi connectivity index (χ4n) is 2.51. The van der Waals surface area contributed by atoms with Gasteiger partial charge in [-0.25, -0.2) is 0 Å². The van der Waals surface area contributed by atoms with E-state index in [0.717, 1.165) is 5.69 Å². The molecule has 20 heavy (non-hydrogen) atoms. The van der Waals surface area contributed by atoms with Crippen molar-refractivity contribution in [2.24, 2.45) is 5.73 Å². The third-order valence-electron chi connectivity index (χ3n) is 3.13. The second-order valence-electron chi connectivity index (χ2n) is 5.61. The first-order chi connectivity index (χ1) is 8.91. The first-order valence-electron chi connectivity index (χ1n) is 6.53. The molecule has 1 atom stereocenters. The number of rotatable bonds is 2. The third-order valence-corrected chi connectivity index (χ3v) is 3.13. The molecule has 1 saturated heterocycles. The molecule has 0 aromatic carbocycles. The standard InChI is InChI=1S/C14H21N3O2.ClH/c1-10-8-17(9-14(2,3)19-10)13(18)11-4-5-16-12(6-11)7-15;/h4-6,10H,7-9,15H2,1-3H3;1H. The fraction of sp³-hybridized carbons (Fsp3) is 0.571. The molecule has 1 aliphatic rings. The Kier molecular flexibility index (Phi) is 5.50. The van der Waals surface area contributed by atoms with Gasteiger partial charge in [0.1, 0.15) is 0 Å². The first kappa shape index (κ1) is 16.9. The molecule has 1 aromatic rings. The van der Waals surface area contributed by atoms with E-state index in [9.17, 15) is 4.79 Å². The molecule has 1 aromatic heterocycles. The zero-order valence-corrected chi connectivity index (χ0v) is 12.9. The summed E-state index contributed by atoms with van der Waals surface area (Å²) in [4.78, 5) is 18.4. The van der Waals surface area contributed by atoms with Crippen molar-refractivity contribution in [1.29, 1.82) is 0 Å². The van der Waals surface area contributed by atoms with Gasteiger partial charge in [0.25, 0.3) is 5.91 Å². The van der Waals surface area contributed by atoms with Gasteiger partial charge in [-0.2, -0.15) is 0 Å². The molecule has 0 saturated carbocycles. The molecule has 0 radical (unpaired) electrons. The van der Waals surface area contributed by atoms with Crippen molar-refractivity contribution < 1.29 is 9.53 Å². The lowest BCUT2D eigenvalue weighted by Gasteiger charge is -2.41. The lowest BCUT2D eigenvalue weighted by molar-refractivity contribution is -0.118. The van der Waals surface area contributed by atoms with Gasteiger partial charge in [-0.1, -0.05) is 0 Å². The van der Waals surface area contributed by atoms with Crippen LogP contribution in [0.1, 0.15) is 36.8 Å². The Bertz CT molecular complexity index is 479. The zero-order valence-electron chi connectivity index (χ0n) is 12.1. The van der Waals surface area contributed by atoms with E-state index in [1.807, 2.05) is 25.7 Å². The quantitative estimate of drug-likeness (QED) is 0.900. The van der Waals surface area contributed by atoms with Gasteiger partial charge in [0.2, 0.25) is 0 Å². The highest BCUT2D eigenvalue weighted by molar-refractivity contribution is 5.94. The average molecular weight is 300 g/mol. The summed E-state index contributed by atoms with van der Waals surface area (Å²) >= 11 is 0. The molecule has 112 valence electrons. The highest BCUT2D eigenvalue weighted by Crippen LogP contribution is 2.22. The Morgan fingerprint density at radius 1 is 1.60 bits per heavy atom. The maximum Gasteiger partial charge on any atom is 0.254 e. The molecule has 5 nitrogen and oxygen atoms in total. The van der Waals surface area contributed by atoms with E-state index in [-0.39, 0.29) is 30.0 Å². The van der Waals surface area contributed by atoms with Gasteiger partial charge < -0.3 is 15.4 Å². The summed E-state index contributed by atoms with van der Waals surface area (Å²) < 4.78 is 5.81. The van der Waals surface area contributed by atoms with E-state index in [2.05, 4.69) is 4.98 Å². The summed E-state index contributed by atoms with van der Waals surface area (Å²) in [6.07, 6.45) is 1.67. The van der Waals surface area contributed by atoms with Crippen LogP contribution >= 0.6 is 12.4 Å². The predicted octanol–water partition coefficient (Wildman–Crippen LogP) is 1.60. The summed E-state index contributed by atoms with van der Waals surface area (Å²) in [7, 11) is 0. The molecular formula is C14H22ClN3O2. The van der Waals surface area contributed by atoms with Gasteiger partial charge in [0.05, 0.1) is 17.4 Å². The minimum Gasteiger partial charge on any atom is -0.369 e. The van der Waals surface area contributed by atoms with Crippen LogP contribution in [0.15, 0.2) is 18.3 Å². The number of aromatic nitrogens is 1. The van der Waals surface area contributed by atoms with Gasteiger partial charge in [0.15, 0.2) is 0 Å². The van der Waals surface area contributed by atoms with Crippen LogP contribution in [0, 0.1) is 0 Å². The molecular weight excluding hydrogens is 278 g/mol. The molecule has 2 heterocycles. The topological polar surface area (TPSA) is 68.5 Å². The number of carbonyl (C=O) groups excluding carboxylic acids is 1. The number of amides is 1. The molecule has 0 spiro atoms. The summed E-state index contributed by atoms with van der Waals surface area (Å²) in [6.45, 7) is 7.53. The summed E-state index contributed by atoms with van der Waals surface area (Å²) in [6, 6.07) is 3.49. The van der Waals surface area contributed by atoms with Gasteiger partial charge in [-0.05, 0) is 32.9 Å². The molecule has 2 N–H and O–H groups in total. The molecule has 2 rings (SSSR count). The van der Waals surface area contributed by atoms with Crippen LogP contribution in [-0.2, 0) is 11.3 Å². The summed E-state index contributed by atoms with van der Waals surface area (Å²) in [5.41, 5.74) is 6.61. The van der Waals surface area contributed by atoms with Crippen molar-refractivity contribution in [3.8, 4) is 0 Å². The van der Waals surface area contributed by atoms with Crippen molar-refractivity contribution in [3.63, 3.8) is 0 Å². The van der Waals surface area contributed by atoms with Crippen LogP contribution in [0.2, 0.25) is 0 Å². The van der Waals surface area contributed by atoms with Crippen LogP contribution in [0.4, 0.5) is 0 Å². The number of hydrogen-bond donors (Lipinski definition) is 1. The Morgan fingerprint density at radius 3 is 2.90 bits per heavy atom. The summed E-state index contributed by atoms with van der Waals surface area (Å²) in [5.74, 6) is 0.0142. The van der Waals surface area contributed by atoms with E-state index in [4.69, 9.17) is 10.5 Å². The van der Waals surface area contributed by atoms with E-state index in [1.165, 1.54) is 0 Å². The molecule has 1 amide bonds. The van der Waals surface area contributed by atoms with Crippen LogP contribution < -0.4 is 5.73 Å². The molecule has 1 aliphatic heterocycles. The van der Waals surface area contributed by atoms with Crippen molar-refractivity contribution in [2.45, 2.75) is 39.0 Å². The predicted molar refractivity (Wildman–Crippen MR) is 79.9 cm³/mol. The minimum atomic E-state index is -0.308. The smallest absolute Gasteiger partial charge is 0.254 e. The first-order valence-corrected chi connectivity index (χ1v) is 6.53. The number of morpholine rings is 1. The van der Waals surface area contributed by atoms with Gasteiger partial charge >= 0.3 is 0 Å². The number of halogens is 1. The molecule has 6 heteroatoms. The molecule has 0 aliphatic carbocycles. The number of nitrogens with zero attached hydrogens (tertiary/aromatic N) is 2. The van der Waals surface area contributed by atoms with E-state index < -0.39 is 0 Å². The minimum absolute atomic E-state index is 0. The second-order valence-corrected chi connectivity index (χ2v) is 5.61. The van der Waals surface area contributed by atoms with Crippen molar-refractivity contribution in [3.05, 3.63) is 29.6 Å². The number of carbonyl (C=O) groups is 1. The zero-order chi connectivity index (χ0) is 14.0. The molecule has 0 bridgehead atoms. The molecule has 1 unspecified atom stereocenters. The van der Waals surface area contributed by atoms with Crippen molar-refractivity contribution >= 4 is 18.3 Å². The maximum absolute atomic E-state index is 12.5. The second kappa shape index (κ2) is 6.52. The largest absolute Gasteiger partial charge is 0.369 e. The Hall–Kier alpha value is -1.17. The number of hydrogen-bond acceptors (Lipinski definition) is 4. The molecule has 1 fully saturated rings. The Morgan fingerprint density at radius 2 is 2.30 bits per heavy atom. The highest BCUT2D eigenvalue weighted by atomic mass is 35.5. The van der Waals surface area contributed by atoms with Crippen LogP contribution in [-0.4, -0.2) is 40.6 Å². The van der Waals surface area contributed by atoms with Crippen LogP contribution in [0.5, 0.6) is 0 Å². The van der Waals surface area contributed by atoms with Crippen molar-refractivity contribution in [2.75, 3.05) is 13.1 Å². The monoisotopic (exact) mass is 299 g/mol. The van der Waals surface area contributed by atoms with E-state index in [0.29, 0.717) is 25.2 Å². The van der Waals surface area contributed by atoms with E-state index in [1.54, 1.807) is 18.3 Å². The van der Waals surface area contributed by atoms with Crippen LogP contribution in [0.25, 0.3) is 0 Å². The van der Waals surface area contributed by atoms with E-state index >= 15 is 0 Å². The van der Waals surface area contributed by atoms with Gasteiger partial charge in [-0.15, -0.1) is 12.4 Å². The normalized spacial score (nSPS) is 21.2. The lowest BCUT2D eigenvalue weighted by atomic mass is 10.0. The summed E-state index contributed by atoms with van der Waals surface area (Å²) in [5, 5.41) is 0. The van der Waals surface area contributed by atoms with Crippen LogP contribution in [0.3, 0.4) is 0 Å². The lowest BCUT2D eigenvalue weighted by Crippen LogP contribution is -2.53.